The fraction of sp³-hybridized carbons (Fsp3) is 0.350. The first kappa shape index (κ1) is 20.4. The molecule has 0 amide bonds. The molecule has 0 radical (unpaired) electrons. The summed E-state index contributed by atoms with van der Waals surface area (Å²) in [7, 11) is 0. The average Bonchev–Trinajstić information content (AvgIpc) is 2.67. The molecule has 142 valence electrons. The first-order chi connectivity index (χ1) is 13.0. The van der Waals surface area contributed by atoms with Crippen molar-refractivity contribution >= 4 is 5.69 Å². The summed E-state index contributed by atoms with van der Waals surface area (Å²) < 4.78 is 5.50. The summed E-state index contributed by atoms with van der Waals surface area (Å²) >= 11 is 0. The maximum absolute atomic E-state index is 10.8. The lowest BCUT2D eigenvalue weighted by Gasteiger charge is -2.24. The Hall–Kier alpha value is -2.95. The van der Waals surface area contributed by atoms with Crippen molar-refractivity contribution in [2.45, 2.75) is 26.0 Å². The van der Waals surface area contributed by atoms with E-state index in [1.807, 2.05) is 12.1 Å². The van der Waals surface area contributed by atoms with E-state index in [0.717, 1.165) is 18.5 Å². The van der Waals surface area contributed by atoms with Gasteiger partial charge in [0.15, 0.2) is 0 Å². The molecular formula is C20H23N3O4. The minimum atomic E-state index is -0.728. The van der Waals surface area contributed by atoms with Crippen molar-refractivity contribution in [2.75, 3.05) is 19.7 Å². The van der Waals surface area contributed by atoms with Gasteiger partial charge in [-0.25, -0.2) is 0 Å². The van der Waals surface area contributed by atoms with Crippen LogP contribution in [0.3, 0.4) is 0 Å². The molecule has 0 saturated heterocycles. The number of rotatable bonds is 10. The van der Waals surface area contributed by atoms with E-state index >= 15 is 0 Å². The molecule has 27 heavy (non-hydrogen) atoms. The predicted octanol–water partition coefficient (Wildman–Crippen LogP) is 3.12. The molecule has 0 fully saturated rings. The van der Waals surface area contributed by atoms with Gasteiger partial charge in [0.05, 0.1) is 22.6 Å². The van der Waals surface area contributed by atoms with Crippen molar-refractivity contribution in [1.82, 2.24) is 4.90 Å². The number of hydrogen-bond donors (Lipinski definition) is 1. The summed E-state index contributed by atoms with van der Waals surface area (Å²) in [6.45, 7) is 4.01. The third-order valence-electron chi connectivity index (χ3n) is 3.97. The number of nitro groups is 1. The summed E-state index contributed by atoms with van der Waals surface area (Å²) in [5, 5.41) is 30.0. The van der Waals surface area contributed by atoms with Gasteiger partial charge in [0.2, 0.25) is 0 Å². The van der Waals surface area contributed by atoms with Crippen LogP contribution in [0.25, 0.3) is 0 Å². The Labute approximate surface area is 158 Å². The van der Waals surface area contributed by atoms with Gasteiger partial charge in [-0.1, -0.05) is 25.1 Å². The number of aliphatic hydroxyl groups excluding tert-OH is 1. The number of hydrogen-bond acceptors (Lipinski definition) is 6. The number of nitriles is 1. The Morgan fingerprint density at radius 2 is 2.04 bits per heavy atom. The number of nitrogens with zero attached hydrogens (tertiary/aromatic N) is 3. The van der Waals surface area contributed by atoms with E-state index in [0.29, 0.717) is 24.4 Å². The van der Waals surface area contributed by atoms with Gasteiger partial charge in [0.25, 0.3) is 5.69 Å². The zero-order chi connectivity index (χ0) is 19.6. The zero-order valence-electron chi connectivity index (χ0n) is 15.2. The van der Waals surface area contributed by atoms with Gasteiger partial charge in [-0.3, -0.25) is 15.0 Å². The van der Waals surface area contributed by atoms with Crippen LogP contribution >= 0.6 is 0 Å². The molecule has 7 heteroatoms. The molecule has 2 rings (SSSR count). The van der Waals surface area contributed by atoms with Crippen molar-refractivity contribution < 1.29 is 14.8 Å². The second-order valence-electron chi connectivity index (χ2n) is 6.26. The van der Waals surface area contributed by atoms with Gasteiger partial charge in [-0.2, -0.15) is 5.26 Å². The molecular weight excluding hydrogens is 346 g/mol. The van der Waals surface area contributed by atoms with Crippen molar-refractivity contribution in [1.29, 1.82) is 5.26 Å². The highest BCUT2D eigenvalue weighted by Crippen LogP contribution is 2.19. The maximum atomic E-state index is 10.8. The number of non-ortho nitro benzene ring substituents is 1. The van der Waals surface area contributed by atoms with Crippen LogP contribution in [-0.4, -0.2) is 40.7 Å². The lowest BCUT2D eigenvalue weighted by molar-refractivity contribution is -0.384. The Bertz CT molecular complexity index is 787. The van der Waals surface area contributed by atoms with Gasteiger partial charge >= 0.3 is 0 Å². The van der Waals surface area contributed by atoms with Gasteiger partial charge in [-0.05, 0) is 36.7 Å². The maximum Gasteiger partial charge on any atom is 0.273 e. The van der Waals surface area contributed by atoms with Crippen molar-refractivity contribution in [3.8, 4) is 11.8 Å². The molecule has 2 aromatic rings. The third kappa shape index (κ3) is 6.70. The van der Waals surface area contributed by atoms with E-state index in [1.165, 1.54) is 12.1 Å². The standard InChI is InChI=1S/C20H23N3O4/c1-2-10-22(13-17-8-6-16(12-21)7-9-17)14-19(24)15-27-20-5-3-4-18(11-20)23(25)26/h3-9,11,19,24H,2,10,13-15H2,1H3. The van der Waals surface area contributed by atoms with Crippen LogP contribution in [-0.2, 0) is 6.54 Å². The van der Waals surface area contributed by atoms with Crippen molar-refractivity contribution in [2.24, 2.45) is 0 Å². The van der Waals surface area contributed by atoms with E-state index < -0.39 is 11.0 Å². The van der Waals surface area contributed by atoms with Crippen LogP contribution in [0.2, 0.25) is 0 Å². The van der Waals surface area contributed by atoms with E-state index in [2.05, 4.69) is 17.9 Å². The lowest BCUT2D eigenvalue weighted by Crippen LogP contribution is -2.35. The number of aliphatic hydroxyl groups is 1. The average molecular weight is 369 g/mol. The highest BCUT2D eigenvalue weighted by atomic mass is 16.6. The van der Waals surface area contributed by atoms with E-state index in [1.54, 1.807) is 24.3 Å². The molecule has 2 aromatic carbocycles. The molecule has 0 aliphatic rings. The molecule has 0 aliphatic heterocycles. The number of benzene rings is 2. The van der Waals surface area contributed by atoms with Gasteiger partial charge < -0.3 is 9.84 Å². The van der Waals surface area contributed by atoms with E-state index in [4.69, 9.17) is 10.00 Å². The van der Waals surface area contributed by atoms with Crippen LogP contribution in [0.4, 0.5) is 5.69 Å². The molecule has 0 saturated carbocycles. The molecule has 0 spiro atoms. The summed E-state index contributed by atoms with van der Waals surface area (Å²) in [6, 6.07) is 15.4. The zero-order valence-corrected chi connectivity index (χ0v) is 15.2. The van der Waals surface area contributed by atoms with Crippen LogP contribution in [0.5, 0.6) is 5.75 Å². The Morgan fingerprint density at radius 3 is 2.67 bits per heavy atom. The van der Waals surface area contributed by atoms with E-state index in [9.17, 15) is 15.2 Å². The normalized spacial score (nSPS) is 11.8. The summed E-state index contributed by atoms with van der Waals surface area (Å²) in [5.74, 6) is 0.359. The fourth-order valence-electron chi connectivity index (χ4n) is 2.72. The first-order valence-electron chi connectivity index (χ1n) is 8.78. The van der Waals surface area contributed by atoms with Gasteiger partial charge in [0, 0.05) is 19.2 Å². The number of nitro benzene ring substituents is 1. The van der Waals surface area contributed by atoms with Gasteiger partial charge in [-0.15, -0.1) is 0 Å². The molecule has 0 aromatic heterocycles. The Balaban J connectivity index is 1.90. The SMILES string of the molecule is CCCN(Cc1ccc(C#N)cc1)CC(O)COc1cccc([N+](=O)[O-])c1. The minimum Gasteiger partial charge on any atom is -0.491 e. The van der Waals surface area contributed by atoms with Crippen LogP contribution in [0.1, 0.15) is 24.5 Å². The monoisotopic (exact) mass is 369 g/mol. The largest absolute Gasteiger partial charge is 0.491 e. The fourth-order valence-corrected chi connectivity index (χ4v) is 2.72. The summed E-state index contributed by atoms with van der Waals surface area (Å²) in [5.41, 5.74) is 1.64. The van der Waals surface area contributed by atoms with Gasteiger partial charge in [0.1, 0.15) is 18.5 Å². The quantitative estimate of drug-likeness (QED) is 0.510. The smallest absolute Gasteiger partial charge is 0.273 e. The lowest BCUT2D eigenvalue weighted by atomic mass is 10.1. The topological polar surface area (TPSA) is 99.6 Å². The van der Waals surface area contributed by atoms with Crippen molar-refractivity contribution in [3.05, 3.63) is 69.8 Å². The highest BCUT2D eigenvalue weighted by molar-refractivity contribution is 5.38. The summed E-state index contributed by atoms with van der Waals surface area (Å²) in [6.07, 6.45) is 0.212. The molecule has 1 atom stereocenters. The Kier molecular flexibility index (Phi) is 7.74. The molecule has 1 N–H and O–H groups in total. The summed E-state index contributed by atoms with van der Waals surface area (Å²) in [4.78, 5) is 12.4. The molecule has 0 heterocycles. The van der Waals surface area contributed by atoms with Crippen molar-refractivity contribution in [3.63, 3.8) is 0 Å². The molecule has 1 unspecified atom stereocenters. The molecule has 0 aliphatic carbocycles. The second-order valence-corrected chi connectivity index (χ2v) is 6.26. The van der Waals surface area contributed by atoms with Crippen LogP contribution in [0, 0.1) is 21.4 Å². The molecule has 7 nitrogen and oxygen atoms in total. The minimum absolute atomic E-state index is 0.0459. The van der Waals surface area contributed by atoms with Crippen LogP contribution < -0.4 is 4.74 Å². The molecule has 0 bridgehead atoms. The third-order valence-corrected chi connectivity index (χ3v) is 3.97. The van der Waals surface area contributed by atoms with Crippen LogP contribution in [0.15, 0.2) is 48.5 Å². The first-order valence-corrected chi connectivity index (χ1v) is 8.78. The second kappa shape index (κ2) is 10.3. The number of ether oxygens (including phenoxy) is 1. The predicted molar refractivity (Wildman–Crippen MR) is 101 cm³/mol. The highest BCUT2D eigenvalue weighted by Gasteiger charge is 2.14. The van der Waals surface area contributed by atoms with E-state index in [-0.39, 0.29) is 12.3 Å². The Morgan fingerprint density at radius 1 is 1.30 bits per heavy atom.